The molecule has 1 saturated heterocycles. The first-order valence-corrected chi connectivity index (χ1v) is 7.41. The average Bonchev–Trinajstić information content (AvgIpc) is 2.38. The fourth-order valence-electron chi connectivity index (χ4n) is 2.91. The Hall–Kier alpha value is -0.330. The van der Waals surface area contributed by atoms with Crippen molar-refractivity contribution in [2.45, 2.75) is 64.4 Å². The zero-order valence-electron chi connectivity index (χ0n) is 12.9. The van der Waals surface area contributed by atoms with E-state index in [1.54, 1.807) is 0 Å². The van der Waals surface area contributed by atoms with Crippen molar-refractivity contribution >= 4 is 0 Å². The average molecular weight is 296 g/mol. The molecule has 1 N–H and O–H groups in total. The van der Waals surface area contributed by atoms with Gasteiger partial charge in [-0.3, -0.25) is 9.64 Å². The van der Waals surface area contributed by atoms with Crippen molar-refractivity contribution < 1.29 is 17.9 Å². The molecule has 1 atom stereocenters. The summed E-state index contributed by atoms with van der Waals surface area (Å²) in [6.45, 7) is 10.0. The highest BCUT2D eigenvalue weighted by molar-refractivity contribution is 5.02. The van der Waals surface area contributed by atoms with Crippen molar-refractivity contribution in [3.8, 4) is 0 Å². The van der Waals surface area contributed by atoms with Crippen LogP contribution in [0.2, 0.25) is 0 Å². The van der Waals surface area contributed by atoms with Crippen molar-refractivity contribution in [1.82, 2.24) is 10.2 Å². The molecule has 3 nitrogen and oxygen atoms in total. The van der Waals surface area contributed by atoms with E-state index in [1.807, 2.05) is 0 Å². The molecule has 1 aliphatic rings. The maximum absolute atomic E-state index is 12.1. The molecular formula is C14H27F3N2O. The molecule has 0 aromatic carbocycles. The van der Waals surface area contributed by atoms with Gasteiger partial charge in [-0.25, -0.2) is 0 Å². The zero-order chi connectivity index (χ0) is 15.4. The predicted molar refractivity (Wildman–Crippen MR) is 73.6 cm³/mol. The van der Waals surface area contributed by atoms with E-state index in [1.165, 1.54) is 0 Å². The number of ether oxygens (including phenoxy) is 1. The Morgan fingerprint density at radius 3 is 2.20 bits per heavy atom. The quantitative estimate of drug-likeness (QED) is 0.815. The highest BCUT2D eigenvalue weighted by Crippen LogP contribution is 2.31. The Balaban J connectivity index is 2.72. The van der Waals surface area contributed by atoms with Crippen LogP contribution < -0.4 is 5.32 Å². The van der Waals surface area contributed by atoms with Crippen molar-refractivity contribution in [2.24, 2.45) is 0 Å². The van der Waals surface area contributed by atoms with Gasteiger partial charge in [0, 0.05) is 30.7 Å². The van der Waals surface area contributed by atoms with Gasteiger partial charge in [0.1, 0.15) is 0 Å². The van der Waals surface area contributed by atoms with Crippen LogP contribution in [0.5, 0.6) is 0 Å². The van der Waals surface area contributed by atoms with Crippen LogP contribution in [0.4, 0.5) is 13.2 Å². The summed E-state index contributed by atoms with van der Waals surface area (Å²) in [4.78, 5) is 2.18. The molecule has 1 heterocycles. The zero-order valence-corrected chi connectivity index (χ0v) is 12.9. The van der Waals surface area contributed by atoms with Crippen LogP contribution in [-0.4, -0.2) is 48.6 Å². The lowest BCUT2D eigenvalue weighted by Gasteiger charge is -2.53. The van der Waals surface area contributed by atoms with Crippen molar-refractivity contribution in [3.63, 3.8) is 0 Å². The second-order valence-electron chi connectivity index (χ2n) is 5.91. The van der Waals surface area contributed by atoms with Crippen LogP contribution in [0.15, 0.2) is 0 Å². The van der Waals surface area contributed by atoms with Gasteiger partial charge in [-0.1, -0.05) is 20.8 Å². The summed E-state index contributed by atoms with van der Waals surface area (Å²) in [5, 5.41) is 3.57. The van der Waals surface area contributed by atoms with Gasteiger partial charge in [0.25, 0.3) is 0 Å². The molecule has 6 heteroatoms. The first-order chi connectivity index (χ1) is 9.20. The van der Waals surface area contributed by atoms with Crippen LogP contribution in [0.1, 0.15) is 47.0 Å². The summed E-state index contributed by atoms with van der Waals surface area (Å²) in [6, 6.07) is 0. The van der Waals surface area contributed by atoms with Gasteiger partial charge in [-0.05, 0) is 26.2 Å². The Morgan fingerprint density at radius 1 is 1.15 bits per heavy atom. The lowest BCUT2D eigenvalue weighted by Crippen LogP contribution is -2.69. The van der Waals surface area contributed by atoms with E-state index in [4.69, 9.17) is 0 Å². The van der Waals surface area contributed by atoms with Gasteiger partial charge in [0.15, 0.2) is 0 Å². The van der Waals surface area contributed by atoms with Crippen LogP contribution in [0.3, 0.4) is 0 Å². The molecule has 0 spiro atoms. The van der Waals surface area contributed by atoms with Gasteiger partial charge in [-0.15, -0.1) is 13.2 Å². The van der Waals surface area contributed by atoms with Gasteiger partial charge in [0.2, 0.25) is 0 Å². The second-order valence-corrected chi connectivity index (χ2v) is 5.91. The number of hydrogen-bond acceptors (Lipinski definition) is 3. The molecule has 0 aliphatic carbocycles. The van der Waals surface area contributed by atoms with Crippen molar-refractivity contribution in [2.75, 3.05) is 26.2 Å². The topological polar surface area (TPSA) is 24.5 Å². The normalized spacial score (nSPS) is 27.8. The highest BCUT2D eigenvalue weighted by atomic mass is 19.4. The molecule has 0 radical (unpaired) electrons. The maximum Gasteiger partial charge on any atom is 0.522 e. The Labute approximate surface area is 119 Å². The van der Waals surface area contributed by atoms with Gasteiger partial charge < -0.3 is 5.32 Å². The van der Waals surface area contributed by atoms with Gasteiger partial charge >= 0.3 is 6.36 Å². The molecule has 1 unspecified atom stereocenters. The Morgan fingerprint density at radius 2 is 1.75 bits per heavy atom. The van der Waals surface area contributed by atoms with Gasteiger partial charge in [-0.2, -0.15) is 0 Å². The van der Waals surface area contributed by atoms with E-state index < -0.39 is 6.36 Å². The van der Waals surface area contributed by atoms with Crippen LogP contribution in [0, 0.1) is 0 Å². The third kappa shape index (κ3) is 4.33. The van der Waals surface area contributed by atoms with Gasteiger partial charge in [0.05, 0.1) is 6.61 Å². The van der Waals surface area contributed by atoms with Crippen LogP contribution in [-0.2, 0) is 4.74 Å². The molecule has 20 heavy (non-hydrogen) atoms. The third-order valence-corrected chi connectivity index (χ3v) is 4.78. The number of rotatable bonds is 6. The Kier molecular flexibility index (Phi) is 5.87. The van der Waals surface area contributed by atoms with E-state index in [-0.39, 0.29) is 17.7 Å². The minimum absolute atomic E-state index is 0.0356. The lowest BCUT2D eigenvalue weighted by atomic mass is 9.82. The summed E-state index contributed by atoms with van der Waals surface area (Å²) in [6.07, 6.45) is -1.75. The van der Waals surface area contributed by atoms with Crippen molar-refractivity contribution in [1.29, 1.82) is 0 Å². The minimum atomic E-state index is -4.54. The SMILES string of the molecule is CCC1(C)CN(CCOC(F)(F)F)C(CC)(CC)CN1. The highest BCUT2D eigenvalue weighted by Gasteiger charge is 2.43. The summed E-state index contributed by atoms with van der Waals surface area (Å²) in [5.74, 6) is 0. The Bertz CT molecular complexity index is 305. The number of nitrogens with zero attached hydrogens (tertiary/aromatic N) is 1. The fourth-order valence-corrected chi connectivity index (χ4v) is 2.91. The number of alkyl halides is 3. The van der Waals surface area contributed by atoms with E-state index in [0.717, 1.165) is 32.4 Å². The van der Waals surface area contributed by atoms with E-state index in [9.17, 15) is 13.2 Å². The summed E-state index contributed by atoms with van der Waals surface area (Å²) in [7, 11) is 0. The molecule has 1 rings (SSSR count). The maximum atomic E-state index is 12.1. The summed E-state index contributed by atoms with van der Waals surface area (Å²) < 4.78 is 40.3. The lowest BCUT2D eigenvalue weighted by molar-refractivity contribution is -0.325. The summed E-state index contributed by atoms with van der Waals surface area (Å²) in [5.41, 5.74) is -0.101. The molecule has 120 valence electrons. The third-order valence-electron chi connectivity index (χ3n) is 4.78. The summed E-state index contributed by atoms with van der Waals surface area (Å²) >= 11 is 0. The largest absolute Gasteiger partial charge is 0.522 e. The molecule has 0 saturated carbocycles. The molecule has 0 aromatic heterocycles. The number of nitrogens with one attached hydrogen (secondary N) is 1. The van der Waals surface area contributed by atoms with E-state index in [0.29, 0.717) is 6.54 Å². The van der Waals surface area contributed by atoms with E-state index in [2.05, 4.69) is 42.6 Å². The molecule has 1 fully saturated rings. The fraction of sp³-hybridized carbons (Fsp3) is 1.00. The standard InChI is InChI=1S/C14H27F3N2O/c1-5-12(4)11-19(8-9-20-14(15,16)17)13(6-2,7-3)10-18-12/h18H,5-11H2,1-4H3. The predicted octanol–water partition coefficient (Wildman–Crippen LogP) is 3.16. The number of hydrogen-bond donors (Lipinski definition) is 1. The molecule has 0 amide bonds. The van der Waals surface area contributed by atoms with E-state index >= 15 is 0 Å². The first-order valence-electron chi connectivity index (χ1n) is 7.41. The smallest absolute Gasteiger partial charge is 0.308 e. The molecule has 0 bridgehead atoms. The molecular weight excluding hydrogens is 269 g/mol. The number of piperazine rings is 1. The van der Waals surface area contributed by atoms with Crippen molar-refractivity contribution in [3.05, 3.63) is 0 Å². The first kappa shape index (κ1) is 17.7. The van der Waals surface area contributed by atoms with Crippen LogP contribution >= 0.6 is 0 Å². The molecule has 1 aliphatic heterocycles. The molecule has 0 aromatic rings. The minimum Gasteiger partial charge on any atom is -0.308 e. The number of halogens is 3. The van der Waals surface area contributed by atoms with Crippen LogP contribution in [0.25, 0.3) is 0 Å². The second kappa shape index (κ2) is 6.62. The monoisotopic (exact) mass is 296 g/mol.